The fourth-order valence-electron chi connectivity index (χ4n) is 2.92. The minimum Gasteiger partial charge on any atom is -0.496 e. The number of benzene rings is 2. The van der Waals surface area contributed by atoms with Gasteiger partial charge in [0.25, 0.3) is 11.5 Å². The molecule has 11 heteroatoms. The third-order valence-corrected chi connectivity index (χ3v) is 5.83. The maximum absolute atomic E-state index is 12.8. The maximum Gasteiger partial charge on any atom is 0.273 e. The standard InChI is InChI=1S/C21H20Cl2N4O4S/c1-3-8-27-20(30)14-6-4-13(23)10-16(14)24-21(27)32-11-18(28)25-26-19(29)15-9-12(22)5-7-17(15)31-2/h4-7,9-10H,3,8,11H2,1-2H3,(H,25,28)(H,26,29). The quantitative estimate of drug-likeness (QED) is 0.295. The van der Waals surface area contributed by atoms with Crippen LogP contribution in [-0.2, 0) is 11.3 Å². The van der Waals surface area contributed by atoms with Crippen LogP contribution in [0.4, 0.5) is 0 Å². The van der Waals surface area contributed by atoms with E-state index >= 15 is 0 Å². The van der Waals surface area contributed by atoms with E-state index in [1.807, 2.05) is 6.92 Å². The second kappa shape index (κ2) is 10.7. The molecule has 0 atom stereocenters. The molecule has 1 heterocycles. The second-order valence-electron chi connectivity index (χ2n) is 6.65. The highest BCUT2D eigenvalue weighted by molar-refractivity contribution is 7.99. The van der Waals surface area contributed by atoms with E-state index in [0.29, 0.717) is 38.4 Å². The second-order valence-corrected chi connectivity index (χ2v) is 8.46. The monoisotopic (exact) mass is 494 g/mol. The van der Waals surface area contributed by atoms with E-state index in [4.69, 9.17) is 27.9 Å². The predicted molar refractivity (Wildman–Crippen MR) is 126 cm³/mol. The van der Waals surface area contributed by atoms with Crippen LogP contribution in [-0.4, -0.2) is 34.2 Å². The summed E-state index contributed by atoms with van der Waals surface area (Å²) in [6.07, 6.45) is 0.720. The molecule has 0 unspecified atom stereocenters. The molecule has 0 radical (unpaired) electrons. The van der Waals surface area contributed by atoms with Gasteiger partial charge in [0, 0.05) is 16.6 Å². The van der Waals surface area contributed by atoms with Gasteiger partial charge < -0.3 is 4.74 Å². The lowest BCUT2D eigenvalue weighted by Crippen LogP contribution is -2.42. The Kier molecular flexibility index (Phi) is 8.00. The fraction of sp³-hybridized carbons (Fsp3) is 0.238. The van der Waals surface area contributed by atoms with Crippen molar-refractivity contribution in [3.8, 4) is 5.75 Å². The van der Waals surface area contributed by atoms with Gasteiger partial charge in [0.05, 0.1) is 29.3 Å². The first-order valence-electron chi connectivity index (χ1n) is 9.59. The number of ether oxygens (including phenoxy) is 1. The van der Waals surface area contributed by atoms with Gasteiger partial charge in [-0.15, -0.1) is 0 Å². The minimum absolute atomic E-state index is 0.0742. The smallest absolute Gasteiger partial charge is 0.273 e. The minimum atomic E-state index is -0.580. The number of hydrogen-bond donors (Lipinski definition) is 2. The summed E-state index contributed by atoms with van der Waals surface area (Å²) in [4.78, 5) is 42.0. The van der Waals surface area contributed by atoms with Gasteiger partial charge >= 0.3 is 0 Å². The Bertz CT molecular complexity index is 1230. The summed E-state index contributed by atoms with van der Waals surface area (Å²) in [6.45, 7) is 2.40. The van der Waals surface area contributed by atoms with Gasteiger partial charge in [-0.05, 0) is 42.8 Å². The zero-order valence-corrected chi connectivity index (χ0v) is 19.6. The van der Waals surface area contributed by atoms with Crippen molar-refractivity contribution in [3.05, 3.63) is 62.4 Å². The van der Waals surface area contributed by atoms with Crippen molar-refractivity contribution >= 4 is 57.7 Å². The van der Waals surface area contributed by atoms with Gasteiger partial charge in [0.2, 0.25) is 5.91 Å². The van der Waals surface area contributed by atoms with Crippen molar-refractivity contribution in [2.45, 2.75) is 25.0 Å². The molecule has 0 bridgehead atoms. The van der Waals surface area contributed by atoms with Crippen molar-refractivity contribution in [2.75, 3.05) is 12.9 Å². The molecule has 0 aliphatic heterocycles. The van der Waals surface area contributed by atoms with Crippen LogP contribution in [0.2, 0.25) is 10.0 Å². The van der Waals surface area contributed by atoms with Crippen molar-refractivity contribution < 1.29 is 14.3 Å². The van der Waals surface area contributed by atoms with Gasteiger partial charge in [-0.2, -0.15) is 0 Å². The molecule has 0 aliphatic carbocycles. The number of hydrogen-bond acceptors (Lipinski definition) is 6. The Morgan fingerprint density at radius 3 is 2.56 bits per heavy atom. The summed E-state index contributed by atoms with van der Waals surface area (Å²) in [6, 6.07) is 9.47. The first-order chi connectivity index (χ1) is 15.3. The van der Waals surface area contributed by atoms with Gasteiger partial charge in [-0.3, -0.25) is 29.8 Å². The summed E-state index contributed by atoms with van der Waals surface area (Å²) in [5, 5.41) is 1.67. The van der Waals surface area contributed by atoms with Crippen LogP contribution < -0.4 is 21.1 Å². The third-order valence-electron chi connectivity index (χ3n) is 4.38. The number of carbonyl (C=O) groups excluding carboxylic acids is 2. The molecule has 8 nitrogen and oxygen atoms in total. The zero-order chi connectivity index (χ0) is 23.3. The number of thioether (sulfide) groups is 1. The molecule has 3 rings (SSSR count). The number of rotatable bonds is 7. The Hall–Kier alpha value is -2.75. The molecule has 0 saturated carbocycles. The van der Waals surface area contributed by atoms with E-state index in [9.17, 15) is 14.4 Å². The molecule has 32 heavy (non-hydrogen) atoms. The molecule has 2 N–H and O–H groups in total. The van der Waals surface area contributed by atoms with E-state index < -0.39 is 11.8 Å². The van der Waals surface area contributed by atoms with Gasteiger partial charge in [-0.25, -0.2) is 4.98 Å². The largest absolute Gasteiger partial charge is 0.496 e. The molecule has 0 fully saturated rings. The number of fused-ring (bicyclic) bond motifs is 1. The van der Waals surface area contributed by atoms with Crippen LogP contribution in [0.1, 0.15) is 23.7 Å². The number of carbonyl (C=O) groups is 2. The molecule has 0 spiro atoms. The molecule has 3 aromatic rings. The molecular weight excluding hydrogens is 475 g/mol. The number of nitrogens with zero attached hydrogens (tertiary/aromatic N) is 2. The van der Waals surface area contributed by atoms with Crippen molar-refractivity contribution in [1.29, 1.82) is 0 Å². The Balaban J connectivity index is 1.70. The third kappa shape index (κ3) is 5.53. The summed E-state index contributed by atoms with van der Waals surface area (Å²) in [5.74, 6) is -0.815. The van der Waals surface area contributed by atoms with Crippen LogP contribution in [0.25, 0.3) is 10.9 Å². The van der Waals surface area contributed by atoms with Crippen molar-refractivity contribution in [2.24, 2.45) is 0 Å². The zero-order valence-electron chi connectivity index (χ0n) is 17.3. The molecule has 2 aromatic carbocycles. The average Bonchev–Trinajstić information content (AvgIpc) is 2.78. The van der Waals surface area contributed by atoms with Crippen molar-refractivity contribution in [1.82, 2.24) is 20.4 Å². The van der Waals surface area contributed by atoms with E-state index in [-0.39, 0.29) is 16.9 Å². The number of hydrazine groups is 1. The van der Waals surface area contributed by atoms with Crippen LogP contribution in [0.3, 0.4) is 0 Å². The summed E-state index contributed by atoms with van der Waals surface area (Å²) in [5.41, 5.74) is 5.11. The number of methoxy groups -OCH3 is 1. The predicted octanol–water partition coefficient (Wildman–Crippen LogP) is 3.68. The van der Waals surface area contributed by atoms with Gasteiger partial charge in [-0.1, -0.05) is 41.9 Å². The highest BCUT2D eigenvalue weighted by Crippen LogP contribution is 2.23. The Morgan fingerprint density at radius 1 is 1.12 bits per heavy atom. The first-order valence-corrected chi connectivity index (χ1v) is 11.3. The summed E-state index contributed by atoms with van der Waals surface area (Å²) < 4.78 is 6.67. The summed E-state index contributed by atoms with van der Waals surface area (Å²) in [7, 11) is 1.43. The highest BCUT2D eigenvalue weighted by Gasteiger charge is 2.16. The average molecular weight is 495 g/mol. The molecule has 2 amide bonds. The maximum atomic E-state index is 12.8. The van der Waals surface area contributed by atoms with E-state index in [1.165, 1.54) is 17.7 Å². The molecule has 168 valence electrons. The highest BCUT2D eigenvalue weighted by atomic mass is 35.5. The number of halogens is 2. The topological polar surface area (TPSA) is 102 Å². The fourth-order valence-corrected chi connectivity index (χ4v) is 4.09. The molecule has 0 aliphatic rings. The van der Waals surface area contributed by atoms with E-state index in [2.05, 4.69) is 15.8 Å². The van der Waals surface area contributed by atoms with Crippen LogP contribution >= 0.6 is 35.0 Å². The lowest BCUT2D eigenvalue weighted by Gasteiger charge is -2.13. The van der Waals surface area contributed by atoms with Crippen LogP contribution in [0.5, 0.6) is 5.75 Å². The lowest BCUT2D eigenvalue weighted by molar-refractivity contribution is -0.119. The van der Waals surface area contributed by atoms with E-state index in [1.54, 1.807) is 30.3 Å². The number of aromatic nitrogens is 2. The Morgan fingerprint density at radius 2 is 1.84 bits per heavy atom. The number of nitrogens with one attached hydrogen (secondary N) is 2. The normalized spacial score (nSPS) is 10.8. The lowest BCUT2D eigenvalue weighted by atomic mass is 10.2. The first kappa shape index (κ1) is 23.9. The summed E-state index contributed by atoms with van der Waals surface area (Å²) >= 11 is 13.0. The molecular formula is C21H20Cl2N4O4S. The molecule has 0 saturated heterocycles. The van der Waals surface area contributed by atoms with Crippen LogP contribution in [0, 0.1) is 0 Å². The van der Waals surface area contributed by atoms with Crippen LogP contribution in [0.15, 0.2) is 46.3 Å². The van der Waals surface area contributed by atoms with Gasteiger partial charge in [0.15, 0.2) is 5.16 Å². The van der Waals surface area contributed by atoms with E-state index in [0.717, 1.165) is 18.2 Å². The van der Waals surface area contributed by atoms with Gasteiger partial charge in [0.1, 0.15) is 5.75 Å². The number of amides is 2. The van der Waals surface area contributed by atoms with Crippen molar-refractivity contribution in [3.63, 3.8) is 0 Å². The SMILES string of the molecule is CCCn1c(SCC(=O)NNC(=O)c2cc(Cl)ccc2OC)nc2cc(Cl)ccc2c1=O. The molecule has 1 aromatic heterocycles. The Labute approximate surface area is 198 Å².